The van der Waals surface area contributed by atoms with E-state index in [1.165, 1.54) is 12.3 Å². The molecular formula is C24H19BrCl2N2O5. The zero-order valence-electron chi connectivity index (χ0n) is 17.9. The average molecular weight is 566 g/mol. The maximum Gasteiger partial charge on any atom is 0.343 e. The molecule has 0 saturated carbocycles. The van der Waals surface area contributed by atoms with E-state index in [0.29, 0.717) is 39.3 Å². The number of nitrogens with zero attached hydrogens (tertiary/aromatic N) is 1. The predicted octanol–water partition coefficient (Wildman–Crippen LogP) is 5.90. The third-order valence-electron chi connectivity index (χ3n) is 4.21. The van der Waals surface area contributed by atoms with Crippen molar-refractivity contribution in [2.75, 3.05) is 13.2 Å². The minimum Gasteiger partial charge on any atom is -0.490 e. The van der Waals surface area contributed by atoms with Gasteiger partial charge < -0.3 is 14.2 Å². The first-order chi connectivity index (χ1) is 16.4. The largest absolute Gasteiger partial charge is 0.490 e. The molecule has 1 N–H and O–H groups in total. The van der Waals surface area contributed by atoms with Crippen LogP contribution < -0.4 is 19.6 Å². The van der Waals surface area contributed by atoms with Crippen LogP contribution in [0, 0.1) is 0 Å². The molecule has 0 radical (unpaired) electrons. The van der Waals surface area contributed by atoms with Crippen LogP contribution in [0.2, 0.25) is 10.0 Å². The van der Waals surface area contributed by atoms with Gasteiger partial charge in [-0.05, 0) is 67.1 Å². The predicted molar refractivity (Wildman–Crippen MR) is 134 cm³/mol. The Morgan fingerprint density at radius 2 is 1.74 bits per heavy atom. The van der Waals surface area contributed by atoms with Gasteiger partial charge in [0.05, 0.1) is 23.4 Å². The van der Waals surface area contributed by atoms with Crippen molar-refractivity contribution in [3.8, 4) is 17.2 Å². The number of amides is 1. The lowest BCUT2D eigenvalue weighted by atomic mass is 10.2. The van der Waals surface area contributed by atoms with Gasteiger partial charge >= 0.3 is 5.97 Å². The standard InChI is InChI=1S/C24H19BrCl2N2O5/c1-2-32-22-11-15(3-10-20(22)34-24(31)16-4-6-17(25)7-5-16)13-28-29-23(30)14-33-21-12-18(26)8-9-19(21)27/h3-13H,2,14H2,1H3,(H,29,30). The second kappa shape index (κ2) is 12.4. The van der Waals surface area contributed by atoms with Crippen molar-refractivity contribution in [1.82, 2.24) is 5.43 Å². The number of ether oxygens (including phenoxy) is 3. The number of carbonyl (C=O) groups is 2. The van der Waals surface area contributed by atoms with E-state index in [4.69, 9.17) is 37.4 Å². The van der Waals surface area contributed by atoms with Gasteiger partial charge in [0.25, 0.3) is 5.91 Å². The lowest BCUT2D eigenvalue weighted by molar-refractivity contribution is -0.123. The molecule has 0 fully saturated rings. The molecular weight excluding hydrogens is 547 g/mol. The first-order valence-electron chi connectivity index (χ1n) is 10.00. The first-order valence-corrected chi connectivity index (χ1v) is 11.5. The number of halogens is 3. The van der Waals surface area contributed by atoms with Crippen LogP contribution in [0.1, 0.15) is 22.8 Å². The Morgan fingerprint density at radius 3 is 2.47 bits per heavy atom. The quantitative estimate of drug-likeness (QED) is 0.151. The SMILES string of the molecule is CCOc1cc(C=NNC(=O)COc2cc(Cl)ccc2Cl)ccc1OC(=O)c1ccc(Br)cc1. The van der Waals surface area contributed by atoms with E-state index in [9.17, 15) is 9.59 Å². The van der Waals surface area contributed by atoms with Crippen molar-refractivity contribution in [1.29, 1.82) is 0 Å². The number of rotatable bonds is 9. The summed E-state index contributed by atoms with van der Waals surface area (Å²) in [4.78, 5) is 24.4. The number of hydrogen-bond acceptors (Lipinski definition) is 6. The maximum absolute atomic E-state index is 12.4. The van der Waals surface area contributed by atoms with Gasteiger partial charge in [-0.1, -0.05) is 39.1 Å². The molecule has 3 aromatic rings. The number of nitrogens with one attached hydrogen (secondary N) is 1. The van der Waals surface area contributed by atoms with Crippen LogP contribution in [0.4, 0.5) is 0 Å². The number of hydrazone groups is 1. The van der Waals surface area contributed by atoms with Gasteiger partial charge in [0, 0.05) is 15.6 Å². The van der Waals surface area contributed by atoms with Gasteiger partial charge in [0.1, 0.15) is 5.75 Å². The Labute approximate surface area is 214 Å². The van der Waals surface area contributed by atoms with E-state index in [1.54, 1.807) is 54.6 Å². The molecule has 0 aliphatic heterocycles. The minimum absolute atomic E-state index is 0.266. The Morgan fingerprint density at radius 1 is 0.971 bits per heavy atom. The summed E-state index contributed by atoms with van der Waals surface area (Å²) in [6.07, 6.45) is 1.42. The lowest BCUT2D eigenvalue weighted by Crippen LogP contribution is -2.24. The second-order valence-corrected chi connectivity index (χ2v) is 8.45. The number of esters is 1. The zero-order valence-corrected chi connectivity index (χ0v) is 21.0. The highest BCUT2D eigenvalue weighted by atomic mass is 79.9. The highest BCUT2D eigenvalue weighted by Crippen LogP contribution is 2.29. The minimum atomic E-state index is -0.512. The van der Waals surface area contributed by atoms with E-state index < -0.39 is 11.9 Å². The van der Waals surface area contributed by atoms with Crippen LogP contribution in [-0.2, 0) is 4.79 Å². The Bertz CT molecular complexity index is 1200. The summed E-state index contributed by atoms with van der Waals surface area (Å²) < 4.78 is 17.3. The van der Waals surface area contributed by atoms with Gasteiger partial charge in [0.15, 0.2) is 18.1 Å². The monoisotopic (exact) mass is 564 g/mol. The van der Waals surface area contributed by atoms with Crippen molar-refractivity contribution in [3.63, 3.8) is 0 Å². The molecule has 3 rings (SSSR count). The van der Waals surface area contributed by atoms with E-state index in [2.05, 4.69) is 26.5 Å². The molecule has 0 saturated heterocycles. The second-order valence-electron chi connectivity index (χ2n) is 6.69. The van der Waals surface area contributed by atoms with Crippen molar-refractivity contribution < 1.29 is 23.8 Å². The summed E-state index contributed by atoms with van der Waals surface area (Å²) in [6, 6.07) is 16.4. The molecule has 7 nitrogen and oxygen atoms in total. The Kier molecular flexibility index (Phi) is 9.33. The van der Waals surface area contributed by atoms with Crippen LogP contribution in [0.5, 0.6) is 17.2 Å². The highest BCUT2D eigenvalue weighted by molar-refractivity contribution is 9.10. The molecule has 0 spiro atoms. The fraction of sp³-hybridized carbons (Fsp3) is 0.125. The lowest BCUT2D eigenvalue weighted by Gasteiger charge is -2.11. The van der Waals surface area contributed by atoms with E-state index in [-0.39, 0.29) is 12.4 Å². The van der Waals surface area contributed by atoms with Crippen LogP contribution in [0.15, 0.2) is 70.2 Å². The third-order valence-corrected chi connectivity index (χ3v) is 5.28. The van der Waals surface area contributed by atoms with Gasteiger partial charge in [-0.15, -0.1) is 0 Å². The van der Waals surface area contributed by atoms with Gasteiger partial charge in [-0.2, -0.15) is 5.10 Å². The molecule has 0 aliphatic rings. The number of carbonyl (C=O) groups excluding carboxylic acids is 2. The zero-order chi connectivity index (χ0) is 24.5. The summed E-state index contributed by atoms with van der Waals surface area (Å²) in [7, 11) is 0. The van der Waals surface area contributed by atoms with E-state index >= 15 is 0 Å². The summed E-state index contributed by atoms with van der Waals surface area (Å²) >= 11 is 15.2. The van der Waals surface area contributed by atoms with E-state index in [1.807, 2.05) is 6.92 Å². The summed E-state index contributed by atoms with van der Waals surface area (Å²) in [5, 5.41) is 4.69. The first kappa shape index (κ1) is 25.6. The maximum atomic E-state index is 12.4. The van der Waals surface area contributed by atoms with E-state index in [0.717, 1.165) is 4.47 Å². The fourth-order valence-corrected chi connectivity index (χ4v) is 3.24. The van der Waals surface area contributed by atoms with Gasteiger partial charge in [0.2, 0.25) is 0 Å². The number of benzene rings is 3. The van der Waals surface area contributed by atoms with Crippen LogP contribution in [-0.4, -0.2) is 31.3 Å². The van der Waals surface area contributed by atoms with Crippen molar-refractivity contribution in [3.05, 3.63) is 86.3 Å². The summed E-state index contributed by atoms with van der Waals surface area (Å²) in [5.74, 6) is -0.0767. The average Bonchev–Trinajstić information content (AvgIpc) is 2.82. The topological polar surface area (TPSA) is 86.2 Å². The van der Waals surface area contributed by atoms with Crippen LogP contribution >= 0.6 is 39.1 Å². The van der Waals surface area contributed by atoms with Crippen molar-refractivity contribution >= 4 is 57.2 Å². The molecule has 0 heterocycles. The van der Waals surface area contributed by atoms with Crippen LogP contribution in [0.3, 0.4) is 0 Å². The van der Waals surface area contributed by atoms with Gasteiger partial charge in [-0.25, -0.2) is 10.2 Å². The summed E-state index contributed by atoms with van der Waals surface area (Å²) in [6.45, 7) is 1.88. The Balaban J connectivity index is 1.60. The summed E-state index contributed by atoms with van der Waals surface area (Å²) in [5.41, 5.74) is 3.38. The molecule has 0 bridgehead atoms. The normalized spacial score (nSPS) is 10.7. The van der Waals surface area contributed by atoms with Crippen molar-refractivity contribution in [2.45, 2.75) is 6.92 Å². The molecule has 10 heteroatoms. The Hall–Kier alpha value is -3.07. The molecule has 34 heavy (non-hydrogen) atoms. The molecule has 1 amide bonds. The van der Waals surface area contributed by atoms with Crippen LogP contribution in [0.25, 0.3) is 0 Å². The highest BCUT2D eigenvalue weighted by Gasteiger charge is 2.13. The molecule has 176 valence electrons. The molecule has 3 aromatic carbocycles. The molecule has 0 aromatic heterocycles. The third kappa shape index (κ3) is 7.48. The fourth-order valence-electron chi connectivity index (χ4n) is 2.64. The number of hydrogen-bond donors (Lipinski definition) is 1. The smallest absolute Gasteiger partial charge is 0.343 e. The van der Waals surface area contributed by atoms with Gasteiger partial charge in [-0.3, -0.25) is 4.79 Å². The molecule has 0 atom stereocenters. The molecule has 0 aliphatic carbocycles. The van der Waals surface area contributed by atoms with Crippen molar-refractivity contribution in [2.24, 2.45) is 5.10 Å². The molecule has 0 unspecified atom stereocenters.